The molecule has 0 amide bonds. The summed E-state index contributed by atoms with van der Waals surface area (Å²) in [6.07, 6.45) is 12.7. The summed E-state index contributed by atoms with van der Waals surface area (Å²) >= 11 is 0. The Labute approximate surface area is 187 Å². The van der Waals surface area contributed by atoms with Crippen molar-refractivity contribution in [2.75, 3.05) is 0 Å². The molecule has 0 bridgehead atoms. The van der Waals surface area contributed by atoms with Gasteiger partial charge >= 0.3 is 0 Å². The Morgan fingerprint density at radius 3 is 2.35 bits per heavy atom. The van der Waals surface area contributed by atoms with Crippen LogP contribution in [0.4, 0.5) is 8.78 Å². The Balaban J connectivity index is 1.45. The maximum atomic E-state index is 16.2. The second-order valence-electron chi connectivity index (χ2n) is 9.36. The number of alkyl halides is 1. The molecule has 1 aliphatic heterocycles. The van der Waals surface area contributed by atoms with Crippen LogP contribution >= 0.6 is 0 Å². The number of rotatable bonds is 7. The van der Waals surface area contributed by atoms with Gasteiger partial charge in [0.25, 0.3) is 0 Å². The smallest absolute Gasteiger partial charge is 0.165 e. The fraction of sp³-hybridized carbons (Fsp3) is 0.429. The van der Waals surface area contributed by atoms with E-state index in [1.165, 1.54) is 67.9 Å². The van der Waals surface area contributed by atoms with E-state index in [0.717, 1.165) is 5.56 Å². The number of hydrogen-bond acceptors (Lipinski definition) is 0. The van der Waals surface area contributed by atoms with Crippen LogP contribution in [0.3, 0.4) is 0 Å². The van der Waals surface area contributed by atoms with Gasteiger partial charge in [-0.3, -0.25) is 0 Å². The molecule has 1 fully saturated rings. The molecule has 1 aliphatic carbocycles. The van der Waals surface area contributed by atoms with Crippen LogP contribution < -0.4 is 0 Å². The first-order valence-corrected chi connectivity index (χ1v) is 14.5. The van der Waals surface area contributed by atoms with E-state index < -0.39 is 14.5 Å². The third-order valence-electron chi connectivity index (χ3n) is 7.28. The standard InChI is InChI=1S/C28H34F2Si/c1-2-3-6-19-31-20-16-23(17-21-31)22-8-10-24(11-9-22)27-7-4-5-18-28(27,30)25-12-14-26(29)15-13-25/h4-5,7-15,23,31H,2-3,6,16-21H2,1H3. The third kappa shape index (κ3) is 5.09. The van der Waals surface area contributed by atoms with Gasteiger partial charge in [0, 0.05) is 20.8 Å². The summed E-state index contributed by atoms with van der Waals surface area (Å²) < 4.78 is 29.5. The van der Waals surface area contributed by atoms with E-state index in [2.05, 4.69) is 31.2 Å². The maximum Gasteiger partial charge on any atom is 0.165 e. The summed E-state index contributed by atoms with van der Waals surface area (Å²) in [6, 6.07) is 18.9. The first-order valence-electron chi connectivity index (χ1n) is 12.0. The minimum absolute atomic E-state index is 0.277. The predicted molar refractivity (Wildman–Crippen MR) is 130 cm³/mol. The van der Waals surface area contributed by atoms with Gasteiger partial charge in [-0.05, 0) is 47.6 Å². The fourth-order valence-electron chi connectivity index (χ4n) is 5.35. The largest absolute Gasteiger partial charge is 0.233 e. The lowest BCUT2D eigenvalue weighted by Gasteiger charge is -2.31. The van der Waals surface area contributed by atoms with Crippen LogP contribution in [-0.4, -0.2) is 8.80 Å². The van der Waals surface area contributed by atoms with Gasteiger partial charge in [-0.25, -0.2) is 8.78 Å². The summed E-state index contributed by atoms with van der Waals surface area (Å²) in [5, 5.41) is 0. The zero-order valence-corrected chi connectivity index (χ0v) is 19.8. The molecule has 0 aromatic heterocycles. The van der Waals surface area contributed by atoms with Crippen molar-refractivity contribution >= 4 is 14.4 Å². The number of allylic oxidation sites excluding steroid dienone is 4. The molecule has 2 aromatic rings. The Morgan fingerprint density at radius 2 is 1.68 bits per heavy atom. The van der Waals surface area contributed by atoms with E-state index in [0.29, 0.717) is 17.1 Å². The number of hydrogen-bond donors (Lipinski definition) is 0. The molecule has 164 valence electrons. The number of unbranched alkanes of at least 4 members (excludes halogenated alkanes) is 2. The van der Waals surface area contributed by atoms with Crippen LogP contribution in [0, 0.1) is 5.82 Å². The van der Waals surface area contributed by atoms with Gasteiger partial charge in [-0.1, -0.05) is 98.9 Å². The maximum absolute atomic E-state index is 16.2. The van der Waals surface area contributed by atoms with Crippen LogP contribution in [0.25, 0.3) is 5.57 Å². The van der Waals surface area contributed by atoms with E-state index in [4.69, 9.17) is 0 Å². The van der Waals surface area contributed by atoms with Gasteiger partial charge in [0.2, 0.25) is 0 Å². The second-order valence-corrected chi connectivity index (χ2v) is 12.8. The SMILES string of the molecule is CCCCC[SiH]1CCC(c2ccc(C3=CC=CCC3(F)c3ccc(F)cc3)cc2)CC1. The lowest BCUT2D eigenvalue weighted by atomic mass is 9.78. The molecule has 1 saturated heterocycles. The Hall–Kier alpha value is -2.00. The fourth-order valence-corrected chi connectivity index (χ4v) is 8.83. The van der Waals surface area contributed by atoms with Crippen LogP contribution in [0.1, 0.15) is 68.1 Å². The molecule has 1 heterocycles. The van der Waals surface area contributed by atoms with Crippen LogP contribution in [0.15, 0.2) is 66.8 Å². The minimum atomic E-state index is -1.62. The molecule has 31 heavy (non-hydrogen) atoms. The molecule has 1 unspecified atom stereocenters. The van der Waals surface area contributed by atoms with E-state index in [1.54, 1.807) is 12.1 Å². The third-order valence-corrected chi connectivity index (χ3v) is 10.8. The van der Waals surface area contributed by atoms with Gasteiger partial charge in [-0.2, -0.15) is 0 Å². The molecule has 0 nitrogen and oxygen atoms in total. The molecule has 0 saturated carbocycles. The monoisotopic (exact) mass is 436 g/mol. The zero-order chi connectivity index (χ0) is 21.7. The van der Waals surface area contributed by atoms with Gasteiger partial charge in [0.05, 0.1) is 0 Å². The molecule has 0 spiro atoms. The van der Waals surface area contributed by atoms with E-state index >= 15 is 4.39 Å². The minimum Gasteiger partial charge on any atom is -0.233 e. The second kappa shape index (κ2) is 10.1. The highest BCUT2D eigenvalue weighted by Crippen LogP contribution is 2.45. The number of benzene rings is 2. The Morgan fingerprint density at radius 1 is 0.968 bits per heavy atom. The van der Waals surface area contributed by atoms with Crippen molar-refractivity contribution in [3.05, 3.63) is 89.3 Å². The normalized spacial score (nSPS) is 26.0. The van der Waals surface area contributed by atoms with Gasteiger partial charge in [0.15, 0.2) is 5.67 Å². The van der Waals surface area contributed by atoms with Crippen molar-refractivity contribution in [2.45, 2.75) is 75.2 Å². The topological polar surface area (TPSA) is 0 Å². The van der Waals surface area contributed by atoms with Gasteiger partial charge < -0.3 is 0 Å². The van der Waals surface area contributed by atoms with Crippen molar-refractivity contribution in [3.8, 4) is 0 Å². The van der Waals surface area contributed by atoms with Crippen molar-refractivity contribution in [2.24, 2.45) is 0 Å². The molecule has 0 N–H and O–H groups in total. The molecule has 4 rings (SSSR count). The number of halogens is 2. The average molecular weight is 437 g/mol. The Kier molecular flexibility index (Phi) is 7.22. The summed E-state index contributed by atoms with van der Waals surface area (Å²) in [7, 11) is -0.502. The first-order chi connectivity index (χ1) is 15.1. The van der Waals surface area contributed by atoms with Crippen molar-refractivity contribution in [1.29, 1.82) is 0 Å². The molecule has 3 heteroatoms. The average Bonchev–Trinajstić information content (AvgIpc) is 2.81. The molecule has 1 atom stereocenters. The van der Waals surface area contributed by atoms with Crippen LogP contribution in [0.5, 0.6) is 0 Å². The van der Waals surface area contributed by atoms with Crippen molar-refractivity contribution in [1.82, 2.24) is 0 Å². The van der Waals surface area contributed by atoms with E-state index in [9.17, 15) is 4.39 Å². The molecule has 2 aliphatic rings. The molecular weight excluding hydrogens is 402 g/mol. The van der Waals surface area contributed by atoms with E-state index in [-0.39, 0.29) is 12.2 Å². The van der Waals surface area contributed by atoms with Crippen molar-refractivity contribution < 1.29 is 8.78 Å². The lowest BCUT2D eigenvalue weighted by molar-refractivity contribution is 0.249. The lowest BCUT2D eigenvalue weighted by Crippen LogP contribution is -2.23. The van der Waals surface area contributed by atoms with Gasteiger partial charge in [0.1, 0.15) is 5.82 Å². The summed E-state index contributed by atoms with van der Waals surface area (Å²) in [5.74, 6) is 0.327. The summed E-state index contributed by atoms with van der Waals surface area (Å²) in [4.78, 5) is 0. The first kappa shape index (κ1) is 22.2. The Bertz CT molecular complexity index is 905. The van der Waals surface area contributed by atoms with Crippen LogP contribution in [-0.2, 0) is 5.67 Å². The zero-order valence-electron chi connectivity index (χ0n) is 18.6. The highest BCUT2D eigenvalue weighted by atomic mass is 28.3. The quantitative estimate of drug-likeness (QED) is 0.302. The summed E-state index contributed by atoms with van der Waals surface area (Å²) in [5.41, 5.74) is 1.89. The van der Waals surface area contributed by atoms with Crippen molar-refractivity contribution in [3.63, 3.8) is 0 Å². The molecular formula is C28H34F2Si. The van der Waals surface area contributed by atoms with Crippen LogP contribution in [0.2, 0.25) is 18.1 Å². The highest BCUT2D eigenvalue weighted by Gasteiger charge is 2.37. The molecule has 2 aromatic carbocycles. The van der Waals surface area contributed by atoms with Gasteiger partial charge in [-0.15, -0.1) is 0 Å². The molecule has 0 radical (unpaired) electrons. The van der Waals surface area contributed by atoms with E-state index in [1.807, 2.05) is 18.2 Å². The summed E-state index contributed by atoms with van der Waals surface area (Å²) in [6.45, 7) is 2.29. The predicted octanol–water partition coefficient (Wildman–Crippen LogP) is 8.33. The highest BCUT2D eigenvalue weighted by molar-refractivity contribution is 6.59.